The number of aryl methyl sites for hydroxylation is 2. The number of phenolic OH excluding ortho intramolecular Hbond substituents is 1. The van der Waals surface area contributed by atoms with Gasteiger partial charge in [-0.25, -0.2) is 0 Å². The predicted molar refractivity (Wildman–Crippen MR) is 86.4 cm³/mol. The van der Waals surface area contributed by atoms with E-state index in [9.17, 15) is 9.90 Å². The number of amides is 1. The fourth-order valence-corrected chi connectivity index (χ4v) is 3.96. The number of aromatic hydroxyl groups is 1. The highest BCUT2D eigenvalue weighted by atomic mass is 32.1. The van der Waals surface area contributed by atoms with Gasteiger partial charge in [-0.2, -0.15) is 0 Å². The monoisotopic (exact) mass is 301 g/mol. The van der Waals surface area contributed by atoms with Crippen LogP contribution in [0.2, 0.25) is 0 Å². The van der Waals surface area contributed by atoms with Crippen LogP contribution < -0.4 is 4.90 Å². The second-order valence-corrected chi connectivity index (χ2v) is 6.64. The summed E-state index contributed by atoms with van der Waals surface area (Å²) in [4.78, 5) is 16.5. The molecule has 1 N–H and O–H groups in total. The van der Waals surface area contributed by atoms with E-state index in [4.69, 9.17) is 0 Å². The molecule has 21 heavy (non-hydrogen) atoms. The van der Waals surface area contributed by atoms with Gasteiger partial charge < -0.3 is 10.0 Å². The van der Waals surface area contributed by atoms with Gasteiger partial charge in [0.25, 0.3) is 5.91 Å². The molecule has 1 aromatic carbocycles. The van der Waals surface area contributed by atoms with E-state index in [0.717, 1.165) is 23.4 Å². The summed E-state index contributed by atoms with van der Waals surface area (Å²) in [6.07, 6.45) is 5.95. The molecule has 0 fully saturated rings. The van der Waals surface area contributed by atoms with Crippen LogP contribution in [0.1, 0.15) is 39.4 Å². The number of thiophene rings is 1. The first kappa shape index (κ1) is 14.1. The van der Waals surface area contributed by atoms with Crippen molar-refractivity contribution in [3.8, 4) is 5.75 Å². The van der Waals surface area contributed by atoms with Gasteiger partial charge >= 0.3 is 0 Å². The molecule has 1 heterocycles. The minimum absolute atomic E-state index is 0.0266. The summed E-state index contributed by atoms with van der Waals surface area (Å²) < 4.78 is 0. The number of fused-ring (bicyclic) bond motifs is 1. The maximum Gasteiger partial charge on any atom is 0.268 e. The van der Waals surface area contributed by atoms with Gasteiger partial charge in [0, 0.05) is 17.6 Å². The smallest absolute Gasteiger partial charge is 0.268 e. The third-order valence-electron chi connectivity index (χ3n) is 4.00. The van der Waals surface area contributed by atoms with Crippen molar-refractivity contribution in [2.75, 3.05) is 11.9 Å². The normalized spacial score (nSPS) is 14.3. The Labute approximate surface area is 128 Å². The standard InChI is InChI=1S/C17H19NO2S/c1-18(13-7-9-14(19)10-8-13)17(20)16-11-12-5-3-2-4-6-15(12)21-16/h7-11,19H,2-6H2,1H3. The van der Waals surface area contributed by atoms with Crippen LogP contribution in [0.15, 0.2) is 30.3 Å². The largest absolute Gasteiger partial charge is 0.508 e. The number of carbonyl (C=O) groups excluding carboxylic acids is 1. The van der Waals surface area contributed by atoms with Crippen molar-refractivity contribution in [2.24, 2.45) is 0 Å². The number of anilines is 1. The summed E-state index contributed by atoms with van der Waals surface area (Å²) in [5.41, 5.74) is 2.15. The minimum Gasteiger partial charge on any atom is -0.508 e. The molecule has 1 aliphatic rings. The van der Waals surface area contributed by atoms with E-state index in [1.54, 1.807) is 47.5 Å². The van der Waals surface area contributed by atoms with Gasteiger partial charge in [-0.1, -0.05) is 6.42 Å². The molecule has 0 bridgehead atoms. The second kappa shape index (κ2) is 5.90. The first-order chi connectivity index (χ1) is 10.1. The molecule has 1 aliphatic carbocycles. The molecule has 3 rings (SSSR count). The van der Waals surface area contributed by atoms with Crippen molar-refractivity contribution in [2.45, 2.75) is 32.1 Å². The topological polar surface area (TPSA) is 40.5 Å². The predicted octanol–water partition coefficient (Wildman–Crippen LogP) is 4.00. The van der Waals surface area contributed by atoms with E-state index in [1.165, 1.54) is 29.7 Å². The van der Waals surface area contributed by atoms with Crippen LogP contribution in [0.25, 0.3) is 0 Å². The molecule has 4 heteroatoms. The van der Waals surface area contributed by atoms with Gasteiger partial charge in [-0.3, -0.25) is 4.79 Å². The summed E-state index contributed by atoms with van der Waals surface area (Å²) in [6, 6.07) is 8.79. The van der Waals surface area contributed by atoms with Gasteiger partial charge in [0.15, 0.2) is 0 Å². The fourth-order valence-electron chi connectivity index (χ4n) is 2.73. The zero-order chi connectivity index (χ0) is 14.8. The summed E-state index contributed by atoms with van der Waals surface area (Å²) in [5, 5.41) is 9.33. The van der Waals surface area contributed by atoms with Gasteiger partial charge in [-0.05, 0) is 61.6 Å². The number of nitrogens with zero attached hydrogens (tertiary/aromatic N) is 1. The summed E-state index contributed by atoms with van der Waals surface area (Å²) >= 11 is 1.64. The molecule has 2 aromatic rings. The molecular weight excluding hydrogens is 282 g/mol. The van der Waals surface area contributed by atoms with Crippen LogP contribution >= 0.6 is 11.3 Å². The molecule has 3 nitrogen and oxygen atoms in total. The highest BCUT2D eigenvalue weighted by molar-refractivity contribution is 7.14. The van der Waals surface area contributed by atoms with Crippen molar-refractivity contribution >= 4 is 22.9 Å². The zero-order valence-electron chi connectivity index (χ0n) is 12.1. The van der Waals surface area contributed by atoms with E-state index >= 15 is 0 Å². The fraction of sp³-hybridized carbons (Fsp3) is 0.353. The number of hydrogen-bond donors (Lipinski definition) is 1. The highest BCUT2D eigenvalue weighted by Crippen LogP contribution is 2.30. The Morgan fingerprint density at radius 1 is 1.14 bits per heavy atom. The third kappa shape index (κ3) is 2.95. The van der Waals surface area contributed by atoms with E-state index in [1.807, 2.05) is 0 Å². The SMILES string of the molecule is CN(C(=O)c1cc2c(s1)CCCCC2)c1ccc(O)cc1. The molecular formula is C17H19NO2S. The molecule has 0 aliphatic heterocycles. The van der Waals surface area contributed by atoms with Crippen LogP contribution in [-0.2, 0) is 12.8 Å². The number of phenols is 1. The van der Waals surface area contributed by atoms with Crippen LogP contribution in [0, 0.1) is 0 Å². The summed E-state index contributed by atoms with van der Waals surface area (Å²) in [7, 11) is 1.78. The second-order valence-electron chi connectivity index (χ2n) is 5.50. The quantitative estimate of drug-likeness (QED) is 0.852. The van der Waals surface area contributed by atoms with Gasteiger partial charge in [0.1, 0.15) is 5.75 Å². The van der Waals surface area contributed by atoms with E-state index < -0.39 is 0 Å². The molecule has 110 valence electrons. The molecule has 0 saturated carbocycles. The Morgan fingerprint density at radius 3 is 2.62 bits per heavy atom. The molecule has 0 unspecified atom stereocenters. The number of benzene rings is 1. The molecule has 0 atom stereocenters. The third-order valence-corrected chi connectivity index (χ3v) is 5.22. The lowest BCUT2D eigenvalue weighted by atomic mass is 10.1. The van der Waals surface area contributed by atoms with Crippen molar-refractivity contribution in [1.82, 2.24) is 0 Å². The Balaban J connectivity index is 1.83. The first-order valence-electron chi connectivity index (χ1n) is 7.34. The molecule has 0 spiro atoms. The van der Waals surface area contributed by atoms with Crippen molar-refractivity contribution in [3.05, 3.63) is 45.6 Å². The zero-order valence-corrected chi connectivity index (χ0v) is 12.9. The summed E-state index contributed by atoms with van der Waals surface area (Å²) in [5.74, 6) is 0.237. The molecule has 1 aromatic heterocycles. The minimum atomic E-state index is 0.0266. The highest BCUT2D eigenvalue weighted by Gasteiger charge is 2.19. The lowest BCUT2D eigenvalue weighted by molar-refractivity contribution is 0.0996. The van der Waals surface area contributed by atoms with Crippen LogP contribution in [0.5, 0.6) is 5.75 Å². The Kier molecular flexibility index (Phi) is 3.97. The van der Waals surface area contributed by atoms with Gasteiger partial charge in [-0.15, -0.1) is 11.3 Å². The molecule has 0 radical (unpaired) electrons. The van der Waals surface area contributed by atoms with Crippen LogP contribution in [0.3, 0.4) is 0 Å². The average molecular weight is 301 g/mol. The Bertz CT molecular complexity index is 622. The van der Waals surface area contributed by atoms with Crippen molar-refractivity contribution in [1.29, 1.82) is 0 Å². The van der Waals surface area contributed by atoms with Crippen LogP contribution in [0.4, 0.5) is 5.69 Å². The van der Waals surface area contributed by atoms with Gasteiger partial charge in [0.05, 0.1) is 4.88 Å². The van der Waals surface area contributed by atoms with Crippen molar-refractivity contribution in [3.63, 3.8) is 0 Å². The first-order valence-corrected chi connectivity index (χ1v) is 8.15. The van der Waals surface area contributed by atoms with Gasteiger partial charge in [0.2, 0.25) is 0 Å². The van der Waals surface area contributed by atoms with E-state index in [0.29, 0.717) is 0 Å². The Hall–Kier alpha value is -1.81. The van der Waals surface area contributed by atoms with Crippen molar-refractivity contribution < 1.29 is 9.90 Å². The molecule has 1 amide bonds. The maximum atomic E-state index is 12.6. The number of rotatable bonds is 2. The van der Waals surface area contributed by atoms with E-state index in [2.05, 4.69) is 6.07 Å². The Morgan fingerprint density at radius 2 is 1.86 bits per heavy atom. The maximum absolute atomic E-state index is 12.6. The van der Waals surface area contributed by atoms with E-state index in [-0.39, 0.29) is 11.7 Å². The summed E-state index contributed by atoms with van der Waals surface area (Å²) in [6.45, 7) is 0. The lowest BCUT2D eigenvalue weighted by Gasteiger charge is -2.16. The number of carbonyl (C=O) groups is 1. The van der Waals surface area contributed by atoms with Crippen LogP contribution in [-0.4, -0.2) is 18.1 Å². The molecule has 0 saturated heterocycles. The lowest BCUT2D eigenvalue weighted by Crippen LogP contribution is -2.25. The average Bonchev–Trinajstić information content (AvgIpc) is 2.77. The number of hydrogen-bond acceptors (Lipinski definition) is 3.